The summed E-state index contributed by atoms with van der Waals surface area (Å²) in [7, 11) is -12.7. The Bertz CT molecular complexity index is 1810. The highest BCUT2D eigenvalue weighted by Crippen LogP contribution is 2.23. The lowest BCUT2D eigenvalue weighted by Crippen LogP contribution is -2.39. The molecular weight excluding hydrogens is 1240 g/mol. The van der Waals surface area contributed by atoms with E-state index in [1.54, 1.807) is 0 Å². The minimum Gasteiger partial charge on any atom is -0.867 e. The average molecular weight is 1300 g/mol. The second-order valence-electron chi connectivity index (χ2n) is 12.7. The van der Waals surface area contributed by atoms with E-state index in [4.69, 9.17) is 40.2 Å². The molecule has 8 heterocycles. The van der Waals surface area contributed by atoms with E-state index in [1.807, 2.05) is 181 Å². The van der Waals surface area contributed by atoms with Crippen LogP contribution in [0.3, 0.4) is 0 Å². The van der Waals surface area contributed by atoms with Gasteiger partial charge in [0.2, 0.25) is 37.6 Å². The summed E-state index contributed by atoms with van der Waals surface area (Å²) in [5.41, 5.74) is 0. The van der Waals surface area contributed by atoms with Gasteiger partial charge >= 0.3 is 0 Å². The van der Waals surface area contributed by atoms with Crippen molar-refractivity contribution in [2.45, 2.75) is 111 Å². The van der Waals surface area contributed by atoms with Crippen molar-refractivity contribution in [2.75, 3.05) is 0 Å². The molecule has 8 nitrogen and oxygen atoms in total. The van der Waals surface area contributed by atoms with Crippen LogP contribution in [0.25, 0.3) is 0 Å². The van der Waals surface area contributed by atoms with Crippen LogP contribution in [-0.2, 0) is 0 Å². The molecule has 0 radical (unpaired) electrons. The summed E-state index contributed by atoms with van der Waals surface area (Å²) in [5, 5.41) is 66.4. The van der Waals surface area contributed by atoms with Crippen LogP contribution in [0.4, 0.5) is 17.3 Å². The highest BCUT2D eigenvalue weighted by atomic mass is 32.2. The Hall–Kier alpha value is 0.0597. The molecule has 0 saturated heterocycles. The minimum atomic E-state index is -3.17. The summed E-state index contributed by atoms with van der Waals surface area (Å²) in [6.45, 7) is 34.4. The molecular formula is C40H56B4F4O8S16. The molecule has 400 valence electrons. The van der Waals surface area contributed by atoms with Gasteiger partial charge in [0.15, 0.2) is 0 Å². The first-order chi connectivity index (χ1) is 33.4. The Morgan fingerprint density at radius 2 is 0.306 bits per heavy atom. The van der Waals surface area contributed by atoms with Crippen LogP contribution in [0.1, 0.15) is 78.0 Å². The largest absolute Gasteiger partial charge is 0.867 e. The third kappa shape index (κ3) is 52.1. The standard InChI is InChI=1S/8C5H7S2.4BFO2/c8*1-4-5(2)7-3-6-4;4*2-1(3)4/h8*3H,1-2H3;;;;/q8*+1;4*-2. The van der Waals surface area contributed by atoms with Crippen molar-refractivity contribution in [1.29, 1.82) is 0 Å². The molecule has 0 saturated carbocycles. The van der Waals surface area contributed by atoms with E-state index in [2.05, 4.69) is 148 Å². The molecule has 8 aromatic heterocycles. The number of hydrogen-bond donors (Lipinski definition) is 0. The summed E-state index contributed by atoms with van der Waals surface area (Å²) in [6, 6.07) is 0. The third-order valence-electron chi connectivity index (χ3n) is 7.56. The van der Waals surface area contributed by atoms with Gasteiger partial charge in [-0.05, 0) is 111 Å². The number of hydrogen-bond acceptors (Lipinski definition) is 16. The molecule has 0 spiro atoms. The first kappa shape index (κ1) is 78.6. The molecule has 0 aliphatic carbocycles. The van der Waals surface area contributed by atoms with Crippen LogP contribution >= 0.6 is 181 Å². The smallest absolute Gasteiger partial charge is 0.242 e. The molecule has 0 aliphatic heterocycles. The first-order valence-corrected chi connectivity index (χ1v) is 33.9. The lowest BCUT2D eigenvalue weighted by molar-refractivity contribution is -0.368. The van der Waals surface area contributed by atoms with Crippen molar-refractivity contribution in [3.05, 3.63) is 116 Å². The predicted molar refractivity (Wildman–Crippen MR) is 316 cm³/mol. The fourth-order valence-corrected chi connectivity index (χ4v) is 18.4. The summed E-state index contributed by atoms with van der Waals surface area (Å²) in [5.74, 6) is 0. The highest BCUT2D eigenvalue weighted by molar-refractivity contribution is 7.31. The Kier molecular flexibility index (Phi) is 53.9. The fourth-order valence-electron chi connectivity index (χ4n) is 2.67. The monoisotopic (exact) mass is 1300 g/mol. The minimum absolute atomic E-state index is 1.45. The van der Waals surface area contributed by atoms with Gasteiger partial charge in [0.25, 0.3) is 0 Å². The summed E-state index contributed by atoms with van der Waals surface area (Å²) < 4.78 is 56.8. The third-order valence-corrected chi connectivity index (χ3v) is 25.3. The molecule has 32 heteroatoms. The van der Waals surface area contributed by atoms with E-state index in [0.29, 0.717) is 0 Å². The van der Waals surface area contributed by atoms with Crippen molar-refractivity contribution in [3.8, 4) is 0 Å². The zero-order valence-corrected chi connectivity index (χ0v) is 55.3. The zero-order chi connectivity index (χ0) is 56.5. The van der Waals surface area contributed by atoms with E-state index >= 15 is 0 Å². The molecule has 0 bridgehead atoms. The molecule has 0 fully saturated rings. The summed E-state index contributed by atoms with van der Waals surface area (Å²) in [6.07, 6.45) is 0. The molecule has 0 amide bonds. The first-order valence-electron chi connectivity index (χ1n) is 19.8. The number of halogens is 4. The summed E-state index contributed by atoms with van der Waals surface area (Å²) >= 11 is 29.2. The average Bonchev–Trinajstić information content (AvgIpc) is 4.19. The van der Waals surface area contributed by atoms with Crippen molar-refractivity contribution < 1.29 is 57.5 Å². The van der Waals surface area contributed by atoms with E-state index in [0.717, 1.165) is 0 Å². The van der Waals surface area contributed by atoms with Gasteiger partial charge < -0.3 is 57.5 Å². The highest BCUT2D eigenvalue weighted by Gasteiger charge is 2.07. The van der Waals surface area contributed by atoms with Gasteiger partial charge in [0, 0.05) is 0 Å². The Morgan fingerprint density at radius 1 is 0.236 bits per heavy atom. The van der Waals surface area contributed by atoms with Crippen LogP contribution in [0, 0.1) is 111 Å². The van der Waals surface area contributed by atoms with Crippen LogP contribution in [0.5, 0.6) is 0 Å². The second-order valence-corrected chi connectivity index (χ2v) is 32.4. The normalized spacial score (nSPS) is 8.83. The van der Waals surface area contributed by atoms with Crippen LogP contribution in [0.2, 0.25) is 0 Å². The maximum Gasteiger partial charge on any atom is 0.242 e. The maximum absolute atomic E-state index is 9.89. The van der Waals surface area contributed by atoms with E-state index in [9.17, 15) is 17.3 Å². The topological polar surface area (TPSA) is 184 Å². The molecule has 0 aliphatic rings. The summed E-state index contributed by atoms with van der Waals surface area (Å²) in [4.78, 5) is 23.2. The van der Waals surface area contributed by atoms with Crippen molar-refractivity contribution in [2.24, 2.45) is 0 Å². The van der Waals surface area contributed by atoms with Gasteiger partial charge in [-0.1, -0.05) is 0 Å². The van der Waals surface area contributed by atoms with Gasteiger partial charge in [0.05, 0.1) is 181 Å². The second kappa shape index (κ2) is 49.4. The molecule has 72 heavy (non-hydrogen) atoms. The Balaban J connectivity index is -0.000000353. The van der Waals surface area contributed by atoms with E-state index in [-0.39, 0.29) is 0 Å². The van der Waals surface area contributed by atoms with E-state index in [1.165, 1.54) is 78.0 Å². The van der Waals surface area contributed by atoms with Gasteiger partial charge in [-0.2, -0.15) is 0 Å². The van der Waals surface area contributed by atoms with Crippen molar-refractivity contribution in [3.63, 3.8) is 0 Å². The van der Waals surface area contributed by atoms with Gasteiger partial charge in [0.1, 0.15) is 108 Å². The lowest BCUT2D eigenvalue weighted by Gasteiger charge is -2.09. The van der Waals surface area contributed by atoms with Crippen LogP contribution in [-0.4, -0.2) is 29.6 Å². The molecule has 0 aromatic carbocycles. The predicted octanol–water partition coefficient (Wildman–Crippen LogP) is 12.3. The molecule has 0 unspecified atom stereocenters. The van der Waals surface area contributed by atoms with Gasteiger partial charge in [-0.3, -0.25) is 0 Å². The zero-order valence-electron chi connectivity index (χ0n) is 42.2. The fraction of sp³-hybridized carbons (Fsp3) is 0.400. The Morgan fingerprint density at radius 3 is 0.319 bits per heavy atom. The Labute approximate surface area is 489 Å². The SMILES string of the molecule is Cc1sc[s+]c1C.Cc1sc[s+]c1C.Cc1sc[s+]c1C.Cc1sc[s+]c1C.Cc1sc[s+]c1C.Cc1sc[s+]c1C.Cc1sc[s+]c1C.Cc1sc[s+]c1C.[O-]B([O-])F.[O-]B([O-])F.[O-]B([O-])F.[O-]B([O-])F. The molecule has 8 rings (SSSR count). The van der Waals surface area contributed by atoms with Crippen molar-refractivity contribution in [1.82, 2.24) is 0 Å². The van der Waals surface area contributed by atoms with Crippen LogP contribution < -0.4 is 40.2 Å². The van der Waals surface area contributed by atoms with Gasteiger partial charge in [-0.15, -0.1) is 0 Å². The molecule has 0 N–H and O–H groups in total. The van der Waals surface area contributed by atoms with Gasteiger partial charge in [-0.25, -0.2) is 0 Å². The number of aryl methyl sites for hydroxylation is 16. The number of rotatable bonds is 0. The molecule has 8 aromatic rings. The maximum atomic E-state index is 9.89. The quantitative estimate of drug-likeness (QED) is 0.0815. The van der Waals surface area contributed by atoms with Crippen molar-refractivity contribution >= 4 is 211 Å². The lowest BCUT2D eigenvalue weighted by atomic mass is 10.3. The van der Waals surface area contributed by atoms with Crippen LogP contribution in [0.15, 0.2) is 37.6 Å². The molecule has 0 atom stereocenters. The van der Waals surface area contributed by atoms with E-state index < -0.39 is 29.6 Å².